The van der Waals surface area contributed by atoms with Gasteiger partial charge in [-0.05, 0) is 91.9 Å². The molecular weight excluding hydrogens is 352 g/mol. The molecule has 0 unspecified atom stereocenters. The van der Waals surface area contributed by atoms with E-state index in [4.69, 9.17) is 0 Å². The van der Waals surface area contributed by atoms with E-state index >= 15 is 0 Å². The molecule has 0 radical (unpaired) electrons. The summed E-state index contributed by atoms with van der Waals surface area (Å²) in [4.78, 5) is 0. The van der Waals surface area contributed by atoms with Gasteiger partial charge in [-0.15, -0.1) is 0 Å². The van der Waals surface area contributed by atoms with Gasteiger partial charge in [0.25, 0.3) is 0 Å². The molecule has 1 nitrogen and oxygen atoms in total. The fraction of sp³-hybridized carbons (Fsp3) is 0.714. The van der Waals surface area contributed by atoms with Crippen LogP contribution in [0.4, 0.5) is 0 Å². The van der Waals surface area contributed by atoms with Crippen LogP contribution in [0.15, 0.2) is 47.6 Å². The molecule has 3 aliphatic rings. The largest absolute Gasteiger partial charge is 0.393 e. The molecule has 29 heavy (non-hydrogen) atoms. The van der Waals surface area contributed by atoms with Crippen LogP contribution in [-0.2, 0) is 0 Å². The Bertz CT molecular complexity index is 678. The maximum Gasteiger partial charge on any atom is 0.0583 e. The van der Waals surface area contributed by atoms with Crippen LogP contribution in [0.3, 0.4) is 0 Å². The van der Waals surface area contributed by atoms with Crippen molar-refractivity contribution < 1.29 is 5.11 Å². The minimum Gasteiger partial charge on any atom is -0.393 e. The third kappa shape index (κ3) is 4.98. The van der Waals surface area contributed by atoms with Gasteiger partial charge in [0.15, 0.2) is 0 Å². The lowest BCUT2D eigenvalue weighted by atomic mass is 9.61. The number of aliphatic hydroxyl groups is 1. The van der Waals surface area contributed by atoms with Gasteiger partial charge < -0.3 is 5.11 Å². The van der Waals surface area contributed by atoms with Crippen LogP contribution in [0.1, 0.15) is 86.0 Å². The Morgan fingerprint density at radius 3 is 2.52 bits per heavy atom. The summed E-state index contributed by atoms with van der Waals surface area (Å²) in [6.45, 7) is 16.3. The van der Waals surface area contributed by atoms with Crippen LogP contribution in [0.2, 0.25) is 0 Å². The number of hydrogen-bond donors (Lipinski definition) is 1. The highest BCUT2D eigenvalue weighted by Crippen LogP contribution is 2.59. The highest BCUT2D eigenvalue weighted by atomic mass is 16.3. The SMILES string of the molecule is C=C1CC[C@@H](O)C/C1=C\C=C1\CCC[C@]2(C)[C@@H]1CC[C@H]2[C@@H](C)/C=C/[C@@H](C)C(C)C. The average molecular weight is 397 g/mol. The Hall–Kier alpha value is -1.08. The first-order valence-corrected chi connectivity index (χ1v) is 12.2. The second-order valence-corrected chi connectivity index (χ2v) is 10.9. The summed E-state index contributed by atoms with van der Waals surface area (Å²) in [7, 11) is 0. The van der Waals surface area contributed by atoms with Crippen LogP contribution in [0.25, 0.3) is 0 Å². The molecule has 1 heteroatoms. The van der Waals surface area contributed by atoms with Gasteiger partial charge >= 0.3 is 0 Å². The van der Waals surface area contributed by atoms with Crippen molar-refractivity contribution >= 4 is 0 Å². The monoisotopic (exact) mass is 396 g/mol. The van der Waals surface area contributed by atoms with Crippen molar-refractivity contribution in [1.29, 1.82) is 0 Å². The van der Waals surface area contributed by atoms with Crippen LogP contribution in [0, 0.1) is 35.0 Å². The fourth-order valence-electron chi connectivity index (χ4n) is 6.25. The zero-order valence-electron chi connectivity index (χ0n) is 19.6. The molecule has 0 aliphatic heterocycles. The first kappa shape index (κ1) is 22.6. The zero-order chi connectivity index (χ0) is 21.2. The lowest BCUT2D eigenvalue weighted by molar-refractivity contribution is 0.112. The van der Waals surface area contributed by atoms with Gasteiger partial charge in [-0.3, -0.25) is 0 Å². The molecule has 0 aromatic carbocycles. The predicted octanol–water partition coefficient (Wildman–Crippen LogP) is 7.64. The van der Waals surface area contributed by atoms with Crippen molar-refractivity contribution in [1.82, 2.24) is 0 Å². The zero-order valence-corrected chi connectivity index (χ0v) is 19.6. The molecule has 1 N–H and O–H groups in total. The van der Waals surface area contributed by atoms with Gasteiger partial charge in [-0.1, -0.05) is 76.6 Å². The van der Waals surface area contributed by atoms with E-state index in [1.807, 2.05) is 0 Å². The molecule has 0 aromatic rings. The van der Waals surface area contributed by atoms with E-state index < -0.39 is 0 Å². The van der Waals surface area contributed by atoms with Crippen LogP contribution >= 0.6 is 0 Å². The Morgan fingerprint density at radius 2 is 1.79 bits per heavy atom. The number of fused-ring (bicyclic) bond motifs is 1. The normalized spacial score (nSPS) is 38.2. The van der Waals surface area contributed by atoms with Crippen LogP contribution in [0.5, 0.6) is 0 Å². The van der Waals surface area contributed by atoms with E-state index in [1.165, 1.54) is 43.3 Å². The summed E-state index contributed by atoms with van der Waals surface area (Å²) in [5.74, 6) is 3.58. The van der Waals surface area contributed by atoms with E-state index in [-0.39, 0.29) is 6.10 Å². The molecule has 0 bridgehead atoms. The van der Waals surface area contributed by atoms with E-state index in [9.17, 15) is 5.11 Å². The smallest absolute Gasteiger partial charge is 0.0583 e. The second-order valence-electron chi connectivity index (χ2n) is 10.9. The molecule has 3 fully saturated rings. The van der Waals surface area contributed by atoms with Crippen molar-refractivity contribution in [2.75, 3.05) is 0 Å². The van der Waals surface area contributed by atoms with Crippen molar-refractivity contribution in [2.45, 2.75) is 92.1 Å². The van der Waals surface area contributed by atoms with Gasteiger partial charge in [0.1, 0.15) is 0 Å². The number of rotatable bonds is 5. The molecule has 3 saturated carbocycles. The maximum atomic E-state index is 10.0. The maximum absolute atomic E-state index is 10.0. The van der Waals surface area contributed by atoms with Crippen molar-refractivity contribution in [2.24, 2.45) is 35.0 Å². The average Bonchev–Trinajstić information content (AvgIpc) is 3.04. The van der Waals surface area contributed by atoms with Gasteiger partial charge in [0.2, 0.25) is 0 Å². The number of aliphatic hydroxyl groups excluding tert-OH is 1. The van der Waals surface area contributed by atoms with E-state index in [0.29, 0.717) is 17.3 Å². The van der Waals surface area contributed by atoms with E-state index in [2.05, 4.69) is 65.5 Å². The summed E-state index contributed by atoms with van der Waals surface area (Å²) in [6.07, 6.45) is 18.8. The predicted molar refractivity (Wildman–Crippen MR) is 126 cm³/mol. The van der Waals surface area contributed by atoms with E-state index in [1.54, 1.807) is 5.57 Å². The molecule has 3 aliphatic carbocycles. The Kier molecular flexibility index (Phi) is 7.31. The van der Waals surface area contributed by atoms with Gasteiger partial charge in [0, 0.05) is 0 Å². The summed E-state index contributed by atoms with van der Waals surface area (Å²) in [6, 6.07) is 0. The van der Waals surface area contributed by atoms with Crippen molar-refractivity contribution in [3.05, 3.63) is 47.6 Å². The lowest BCUT2D eigenvalue weighted by Gasteiger charge is -2.44. The second kappa shape index (κ2) is 9.38. The van der Waals surface area contributed by atoms with Crippen molar-refractivity contribution in [3.63, 3.8) is 0 Å². The van der Waals surface area contributed by atoms with Gasteiger partial charge in [-0.2, -0.15) is 0 Å². The first-order valence-electron chi connectivity index (χ1n) is 12.2. The molecule has 0 spiro atoms. The van der Waals surface area contributed by atoms with Crippen LogP contribution < -0.4 is 0 Å². The summed E-state index contributed by atoms with van der Waals surface area (Å²) < 4.78 is 0. The van der Waals surface area contributed by atoms with Crippen LogP contribution in [-0.4, -0.2) is 11.2 Å². The molecule has 0 saturated heterocycles. The van der Waals surface area contributed by atoms with Gasteiger partial charge in [0.05, 0.1) is 6.10 Å². The first-order chi connectivity index (χ1) is 13.7. The lowest BCUT2D eigenvalue weighted by Crippen LogP contribution is -2.35. The number of hydrogen-bond acceptors (Lipinski definition) is 1. The summed E-state index contributed by atoms with van der Waals surface area (Å²) >= 11 is 0. The number of allylic oxidation sites excluding steroid dienone is 6. The highest BCUT2D eigenvalue weighted by Gasteiger charge is 2.50. The topological polar surface area (TPSA) is 20.2 Å². The molecule has 0 aromatic heterocycles. The van der Waals surface area contributed by atoms with Crippen molar-refractivity contribution in [3.8, 4) is 0 Å². The molecular formula is C28H44O. The standard InChI is InChI=1S/C28H44O/c1-19(2)20(3)9-10-22(5)26-15-16-27-23(8-7-17-28(26,27)6)12-13-24-18-25(29)14-11-21(24)4/h9-10,12-13,19-20,22,25-27,29H,4,7-8,11,14-18H2,1-3,5-6H3/b10-9+,23-12-,24-13+/t20-,22+,25-,26+,27-,28+/m1/s1. The minimum atomic E-state index is -0.182. The molecule has 0 heterocycles. The molecule has 0 amide bonds. The van der Waals surface area contributed by atoms with E-state index in [0.717, 1.165) is 37.0 Å². The summed E-state index contributed by atoms with van der Waals surface area (Å²) in [5.41, 5.74) is 4.61. The summed E-state index contributed by atoms with van der Waals surface area (Å²) in [5, 5.41) is 10.0. The molecule has 3 rings (SSSR count). The Labute approximate surface area is 180 Å². The molecule has 6 atom stereocenters. The fourth-order valence-corrected chi connectivity index (χ4v) is 6.25. The highest BCUT2D eigenvalue weighted by molar-refractivity contribution is 5.36. The van der Waals surface area contributed by atoms with Gasteiger partial charge in [-0.25, -0.2) is 0 Å². The quantitative estimate of drug-likeness (QED) is 0.473. The minimum absolute atomic E-state index is 0.182. The third-order valence-electron chi connectivity index (χ3n) is 8.63. The third-order valence-corrected chi connectivity index (χ3v) is 8.63. The Balaban J connectivity index is 1.75. The Morgan fingerprint density at radius 1 is 1.03 bits per heavy atom. The molecule has 162 valence electrons.